The molecule has 0 aliphatic carbocycles. The molecule has 0 aliphatic rings. The minimum Gasteiger partial charge on any atom is -0.480 e. The number of carboxylic acid groups (broad SMARTS) is 1. The summed E-state index contributed by atoms with van der Waals surface area (Å²) in [6.07, 6.45) is 1.23. The minimum absolute atomic E-state index is 0.251. The van der Waals surface area contributed by atoms with Crippen LogP contribution in [0, 0.1) is 0 Å². The van der Waals surface area contributed by atoms with Crippen LogP contribution in [0.1, 0.15) is 30.5 Å². The molecule has 0 fully saturated rings. The lowest BCUT2D eigenvalue weighted by atomic mass is 9.99. The lowest BCUT2D eigenvalue weighted by Gasteiger charge is -2.14. The Bertz CT molecular complexity index is 349. The van der Waals surface area contributed by atoms with E-state index in [0.29, 0.717) is 0 Å². The van der Waals surface area contributed by atoms with Gasteiger partial charge in [0.25, 0.3) is 0 Å². The summed E-state index contributed by atoms with van der Waals surface area (Å²) in [6.45, 7) is 2.08. The zero-order valence-electron chi connectivity index (χ0n) is 9.39. The van der Waals surface area contributed by atoms with Crippen LogP contribution in [0.2, 0.25) is 0 Å². The number of carboxylic acids is 1. The van der Waals surface area contributed by atoms with Crippen LogP contribution in [0.4, 0.5) is 0 Å². The Labute approximate surface area is 95.3 Å². The van der Waals surface area contributed by atoms with Gasteiger partial charge in [-0.25, -0.2) is 0 Å². The molecule has 0 amide bonds. The first kappa shape index (κ1) is 12.7. The van der Waals surface area contributed by atoms with Crippen LogP contribution in [0.5, 0.6) is 0 Å². The maximum absolute atomic E-state index is 10.6. The van der Waals surface area contributed by atoms with Gasteiger partial charge in [0.15, 0.2) is 0 Å². The van der Waals surface area contributed by atoms with Gasteiger partial charge in [0, 0.05) is 6.04 Å². The Hall–Kier alpha value is -1.39. The number of nitrogens with two attached hydrogens (primary N) is 2. The average molecular weight is 222 g/mol. The van der Waals surface area contributed by atoms with E-state index in [-0.39, 0.29) is 12.5 Å². The highest BCUT2D eigenvalue weighted by atomic mass is 16.4. The number of rotatable bonds is 5. The van der Waals surface area contributed by atoms with Crippen molar-refractivity contribution in [2.75, 3.05) is 0 Å². The molecule has 0 radical (unpaired) electrons. The second-order valence-corrected chi connectivity index (χ2v) is 3.88. The number of hydrogen-bond donors (Lipinski definition) is 3. The van der Waals surface area contributed by atoms with Gasteiger partial charge in [-0.3, -0.25) is 4.79 Å². The number of carbonyl (C=O) groups is 1. The van der Waals surface area contributed by atoms with E-state index in [1.807, 2.05) is 24.3 Å². The Morgan fingerprint density at radius 1 is 1.31 bits per heavy atom. The highest BCUT2D eigenvalue weighted by molar-refractivity contribution is 5.73. The second kappa shape index (κ2) is 5.63. The Balaban J connectivity index is 2.65. The van der Waals surface area contributed by atoms with Crippen molar-refractivity contribution in [1.29, 1.82) is 0 Å². The van der Waals surface area contributed by atoms with Crippen molar-refractivity contribution in [1.82, 2.24) is 0 Å². The Kier molecular flexibility index (Phi) is 4.46. The van der Waals surface area contributed by atoms with Crippen LogP contribution in [0.3, 0.4) is 0 Å². The smallest absolute Gasteiger partial charge is 0.320 e. The molecule has 0 bridgehead atoms. The summed E-state index contributed by atoms with van der Waals surface area (Å²) in [5.41, 5.74) is 13.5. The average Bonchev–Trinajstić information content (AvgIpc) is 2.28. The van der Waals surface area contributed by atoms with Crippen molar-refractivity contribution in [3.63, 3.8) is 0 Å². The highest BCUT2D eigenvalue weighted by Crippen LogP contribution is 2.16. The van der Waals surface area contributed by atoms with Crippen LogP contribution in [0.25, 0.3) is 0 Å². The third-order valence-corrected chi connectivity index (χ3v) is 2.64. The van der Waals surface area contributed by atoms with Crippen LogP contribution >= 0.6 is 0 Å². The van der Waals surface area contributed by atoms with Gasteiger partial charge in [-0.15, -0.1) is 0 Å². The van der Waals surface area contributed by atoms with E-state index in [9.17, 15) is 4.79 Å². The van der Waals surface area contributed by atoms with Gasteiger partial charge in [0.05, 0.1) is 0 Å². The molecule has 0 aromatic heterocycles. The van der Waals surface area contributed by atoms with Gasteiger partial charge in [-0.1, -0.05) is 31.2 Å². The lowest BCUT2D eigenvalue weighted by Crippen LogP contribution is -2.33. The predicted octanol–water partition coefficient (Wildman–Crippen LogP) is 1.05. The van der Waals surface area contributed by atoms with Gasteiger partial charge in [0.1, 0.15) is 6.04 Å². The summed E-state index contributed by atoms with van der Waals surface area (Å²) in [5.74, 6) is -1.01. The predicted molar refractivity (Wildman–Crippen MR) is 63.0 cm³/mol. The molecule has 2 atom stereocenters. The zero-order valence-corrected chi connectivity index (χ0v) is 9.39. The summed E-state index contributed by atoms with van der Waals surface area (Å²) in [7, 11) is 0. The molecule has 0 aliphatic heterocycles. The van der Waals surface area contributed by atoms with Gasteiger partial charge >= 0.3 is 5.97 Å². The third-order valence-electron chi connectivity index (χ3n) is 2.64. The van der Waals surface area contributed by atoms with Crippen molar-refractivity contribution in [2.24, 2.45) is 11.5 Å². The monoisotopic (exact) mass is 222 g/mol. The van der Waals surface area contributed by atoms with Crippen molar-refractivity contribution in [3.05, 3.63) is 35.4 Å². The fourth-order valence-corrected chi connectivity index (χ4v) is 1.51. The van der Waals surface area contributed by atoms with Crippen molar-refractivity contribution < 1.29 is 9.90 Å². The first-order valence-corrected chi connectivity index (χ1v) is 5.37. The van der Waals surface area contributed by atoms with E-state index in [1.54, 1.807) is 0 Å². The molecule has 16 heavy (non-hydrogen) atoms. The molecule has 0 spiro atoms. The first-order chi connectivity index (χ1) is 7.54. The summed E-state index contributed by atoms with van der Waals surface area (Å²) in [5, 5.41) is 8.68. The molecule has 2 unspecified atom stereocenters. The Morgan fingerprint density at radius 3 is 2.31 bits per heavy atom. The molecule has 4 heteroatoms. The third kappa shape index (κ3) is 3.32. The summed E-state index contributed by atoms with van der Waals surface area (Å²) in [6, 6.07) is 6.64. The molecule has 1 aromatic rings. The van der Waals surface area contributed by atoms with Crippen LogP contribution < -0.4 is 11.5 Å². The maximum Gasteiger partial charge on any atom is 0.320 e. The lowest BCUT2D eigenvalue weighted by molar-refractivity contribution is -0.138. The summed E-state index contributed by atoms with van der Waals surface area (Å²) >= 11 is 0. The van der Waals surface area contributed by atoms with E-state index in [0.717, 1.165) is 12.0 Å². The molecule has 4 nitrogen and oxygen atoms in total. The number of hydrogen-bond acceptors (Lipinski definition) is 3. The molecule has 1 aromatic carbocycles. The second-order valence-electron chi connectivity index (χ2n) is 3.88. The van der Waals surface area contributed by atoms with E-state index >= 15 is 0 Å². The van der Waals surface area contributed by atoms with Crippen molar-refractivity contribution >= 4 is 5.97 Å². The molecule has 1 rings (SSSR count). The van der Waals surface area contributed by atoms with Gasteiger partial charge in [-0.05, 0) is 24.0 Å². The number of benzene rings is 1. The Morgan fingerprint density at radius 2 is 1.88 bits per heavy atom. The number of aryl methyl sites for hydroxylation is 1. The zero-order chi connectivity index (χ0) is 12.1. The largest absolute Gasteiger partial charge is 0.480 e. The molecule has 0 saturated carbocycles. The van der Waals surface area contributed by atoms with Gasteiger partial charge in [0.2, 0.25) is 0 Å². The van der Waals surface area contributed by atoms with Crippen LogP contribution in [0.15, 0.2) is 24.3 Å². The highest BCUT2D eigenvalue weighted by Gasteiger charge is 2.16. The quantitative estimate of drug-likeness (QED) is 0.694. The van der Waals surface area contributed by atoms with E-state index in [1.165, 1.54) is 5.56 Å². The fourth-order valence-electron chi connectivity index (χ4n) is 1.51. The number of aliphatic carboxylic acids is 1. The summed E-state index contributed by atoms with van der Waals surface area (Å²) in [4.78, 5) is 10.6. The molecular formula is C12H18N2O2. The van der Waals surface area contributed by atoms with Crippen molar-refractivity contribution in [3.8, 4) is 0 Å². The summed E-state index contributed by atoms with van der Waals surface area (Å²) < 4.78 is 0. The SMILES string of the molecule is CCc1ccc(C(N)CC(N)C(=O)O)cc1. The van der Waals surface area contributed by atoms with E-state index in [2.05, 4.69) is 6.92 Å². The molecule has 5 N–H and O–H groups in total. The molecule has 0 heterocycles. The maximum atomic E-state index is 10.6. The van der Waals surface area contributed by atoms with Gasteiger partial charge < -0.3 is 16.6 Å². The van der Waals surface area contributed by atoms with Gasteiger partial charge in [-0.2, -0.15) is 0 Å². The fraction of sp³-hybridized carbons (Fsp3) is 0.417. The van der Waals surface area contributed by atoms with Crippen LogP contribution in [-0.4, -0.2) is 17.1 Å². The van der Waals surface area contributed by atoms with E-state index in [4.69, 9.17) is 16.6 Å². The van der Waals surface area contributed by atoms with Crippen molar-refractivity contribution in [2.45, 2.75) is 31.8 Å². The normalized spacial score (nSPS) is 14.4. The van der Waals surface area contributed by atoms with E-state index < -0.39 is 12.0 Å². The van der Waals surface area contributed by atoms with Crippen LogP contribution in [-0.2, 0) is 11.2 Å². The topological polar surface area (TPSA) is 89.3 Å². The first-order valence-electron chi connectivity index (χ1n) is 5.37. The molecule has 0 saturated heterocycles. The molecular weight excluding hydrogens is 204 g/mol. The minimum atomic E-state index is -1.01. The standard InChI is InChI=1S/C12H18N2O2/c1-2-8-3-5-9(6-4-8)10(13)7-11(14)12(15)16/h3-6,10-11H,2,7,13-14H2,1H3,(H,15,16). The molecule has 88 valence electrons.